The number of hydrogen-bond acceptors (Lipinski definition) is 5. The fourth-order valence-electron chi connectivity index (χ4n) is 3.08. The molecular weight excluding hydrogens is 398 g/mol. The molecule has 0 spiro atoms. The molecule has 1 amide bonds. The third-order valence-corrected chi connectivity index (χ3v) is 5.73. The first kappa shape index (κ1) is 22.1. The summed E-state index contributed by atoms with van der Waals surface area (Å²) in [5.74, 6) is -0.131. The molecule has 0 radical (unpaired) electrons. The van der Waals surface area contributed by atoms with Crippen LogP contribution in [0.25, 0.3) is 10.9 Å². The van der Waals surface area contributed by atoms with Gasteiger partial charge in [-0.05, 0) is 57.0 Å². The van der Waals surface area contributed by atoms with Crippen LogP contribution in [0.3, 0.4) is 0 Å². The largest absolute Gasteiger partial charge is 0.382 e. The molecule has 1 N–H and O–H groups in total. The van der Waals surface area contributed by atoms with E-state index in [1.165, 1.54) is 11.8 Å². The number of aromatic nitrogens is 2. The molecule has 6 nitrogen and oxygen atoms in total. The number of nitrogens with zero attached hydrogens (tertiary/aromatic N) is 2. The van der Waals surface area contributed by atoms with Crippen LogP contribution in [0.2, 0.25) is 0 Å². The first-order chi connectivity index (χ1) is 14.5. The van der Waals surface area contributed by atoms with Gasteiger partial charge in [0.2, 0.25) is 5.91 Å². The van der Waals surface area contributed by atoms with E-state index in [2.05, 4.69) is 10.3 Å². The molecule has 30 heavy (non-hydrogen) atoms. The van der Waals surface area contributed by atoms with Gasteiger partial charge in [-0.15, -0.1) is 0 Å². The third-order valence-electron chi connectivity index (χ3n) is 4.64. The number of carbonyl (C=O) groups excluding carboxylic acids is 1. The van der Waals surface area contributed by atoms with Gasteiger partial charge in [-0.25, -0.2) is 4.98 Å². The Labute approximate surface area is 180 Å². The molecule has 0 saturated heterocycles. The van der Waals surface area contributed by atoms with Crippen LogP contribution < -0.4 is 10.9 Å². The van der Waals surface area contributed by atoms with Crippen LogP contribution in [-0.2, 0) is 16.1 Å². The summed E-state index contributed by atoms with van der Waals surface area (Å²) in [4.78, 5) is 30.5. The van der Waals surface area contributed by atoms with Crippen LogP contribution >= 0.6 is 11.8 Å². The number of hydrogen-bond donors (Lipinski definition) is 1. The Hall–Kier alpha value is -2.64. The molecule has 3 aromatic rings. The molecule has 2 aromatic carbocycles. The molecule has 158 valence electrons. The Morgan fingerprint density at radius 1 is 1.23 bits per heavy atom. The summed E-state index contributed by atoms with van der Waals surface area (Å²) in [6.45, 7) is 7.45. The fourth-order valence-corrected chi connectivity index (χ4v) is 4.02. The van der Waals surface area contributed by atoms with Gasteiger partial charge in [0.15, 0.2) is 5.16 Å². The third kappa shape index (κ3) is 5.49. The monoisotopic (exact) mass is 425 g/mol. The van der Waals surface area contributed by atoms with Crippen LogP contribution in [-0.4, -0.2) is 33.9 Å². The maximum Gasteiger partial charge on any atom is 0.262 e. The highest BCUT2D eigenvalue weighted by Crippen LogP contribution is 2.24. The normalized spacial score (nSPS) is 12.1. The Balaban J connectivity index is 1.83. The van der Waals surface area contributed by atoms with Crippen LogP contribution in [0.5, 0.6) is 0 Å². The predicted octanol–water partition coefficient (Wildman–Crippen LogP) is 4.25. The van der Waals surface area contributed by atoms with Gasteiger partial charge in [0.1, 0.15) is 0 Å². The molecule has 1 aromatic heterocycles. The van der Waals surface area contributed by atoms with Crippen molar-refractivity contribution in [1.29, 1.82) is 0 Å². The zero-order chi connectivity index (χ0) is 21.5. The minimum atomic E-state index is -0.420. The Morgan fingerprint density at radius 2 is 2.03 bits per heavy atom. The van der Waals surface area contributed by atoms with E-state index in [-0.39, 0.29) is 11.5 Å². The molecule has 0 bridgehead atoms. The zero-order valence-electron chi connectivity index (χ0n) is 17.6. The van der Waals surface area contributed by atoms with Gasteiger partial charge >= 0.3 is 0 Å². The number of anilines is 1. The van der Waals surface area contributed by atoms with Crippen molar-refractivity contribution in [1.82, 2.24) is 9.55 Å². The molecule has 0 aliphatic rings. The molecular formula is C23H27N3O3S. The SMILES string of the molecule is CCOCCCn1c(S[C@H](C)C(=O)Nc2cccc(C)c2)nc2ccccc2c1=O. The van der Waals surface area contributed by atoms with E-state index >= 15 is 0 Å². The highest BCUT2D eigenvalue weighted by atomic mass is 32.2. The van der Waals surface area contributed by atoms with Crippen molar-refractivity contribution in [2.45, 2.75) is 44.1 Å². The number of nitrogens with one attached hydrogen (secondary N) is 1. The molecule has 7 heteroatoms. The molecule has 0 aliphatic carbocycles. The van der Waals surface area contributed by atoms with Gasteiger partial charge < -0.3 is 10.1 Å². The smallest absolute Gasteiger partial charge is 0.262 e. The fraction of sp³-hybridized carbons (Fsp3) is 0.348. The van der Waals surface area contributed by atoms with E-state index in [9.17, 15) is 9.59 Å². The number of fused-ring (bicyclic) bond motifs is 1. The first-order valence-corrected chi connectivity index (χ1v) is 11.0. The number of rotatable bonds is 9. The number of benzene rings is 2. The molecule has 0 aliphatic heterocycles. The van der Waals surface area contributed by atoms with Crippen LogP contribution in [0, 0.1) is 6.92 Å². The van der Waals surface area contributed by atoms with Gasteiger partial charge in [0, 0.05) is 25.4 Å². The highest BCUT2D eigenvalue weighted by molar-refractivity contribution is 8.00. The summed E-state index contributed by atoms with van der Waals surface area (Å²) in [5, 5.41) is 3.64. The summed E-state index contributed by atoms with van der Waals surface area (Å²) in [6, 6.07) is 15.0. The lowest BCUT2D eigenvalue weighted by molar-refractivity contribution is -0.115. The summed E-state index contributed by atoms with van der Waals surface area (Å²) >= 11 is 1.29. The number of para-hydroxylation sites is 1. The summed E-state index contributed by atoms with van der Waals surface area (Å²) in [6.07, 6.45) is 0.700. The average Bonchev–Trinajstić information content (AvgIpc) is 2.73. The number of aryl methyl sites for hydroxylation is 1. The second-order valence-electron chi connectivity index (χ2n) is 7.04. The number of amides is 1. The Morgan fingerprint density at radius 3 is 2.80 bits per heavy atom. The number of carbonyl (C=O) groups is 1. The van der Waals surface area contributed by atoms with E-state index < -0.39 is 5.25 Å². The van der Waals surface area contributed by atoms with Crippen LogP contribution in [0.15, 0.2) is 58.5 Å². The summed E-state index contributed by atoms with van der Waals surface area (Å²) < 4.78 is 7.07. The van der Waals surface area contributed by atoms with Gasteiger partial charge in [-0.1, -0.05) is 36.0 Å². The standard InChI is InChI=1S/C23H27N3O3S/c1-4-29-14-8-13-26-22(28)19-11-5-6-12-20(19)25-23(26)30-17(3)21(27)24-18-10-7-9-16(2)15-18/h5-7,9-12,15,17H,4,8,13-14H2,1-3H3,(H,24,27)/t17-/m1/s1. The Kier molecular flexibility index (Phi) is 7.65. The summed E-state index contributed by atoms with van der Waals surface area (Å²) in [5.41, 5.74) is 2.38. The maximum atomic E-state index is 13.1. The maximum absolute atomic E-state index is 13.1. The topological polar surface area (TPSA) is 73.2 Å². The molecule has 1 heterocycles. The second kappa shape index (κ2) is 10.4. The number of thioether (sulfide) groups is 1. The van der Waals surface area contributed by atoms with E-state index in [0.717, 1.165) is 11.3 Å². The van der Waals surface area contributed by atoms with E-state index in [1.807, 2.05) is 63.2 Å². The van der Waals surface area contributed by atoms with Crippen LogP contribution in [0.1, 0.15) is 25.8 Å². The lowest BCUT2D eigenvalue weighted by Gasteiger charge is -2.16. The molecule has 0 saturated carbocycles. The highest BCUT2D eigenvalue weighted by Gasteiger charge is 2.19. The van der Waals surface area contributed by atoms with Gasteiger partial charge in [0.25, 0.3) is 5.56 Å². The van der Waals surface area contributed by atoms with Crippen molar-refractivity contribution in [2.24, 2.45) is 0 Å². The van der Waals surface area contributed by atoms with Crippen molar-refractivity contribution in [3.63, 3.8) is 0 Å². The molecule has 0 unspecified atom stereocenters. The van der Waals surface area contributed by atoms with Gasteiger partial charge in [-0.2, -0.15) is 0 Å². The Bertz CT molecular complexity index is 1080. The minimum absolute atomic E-state index is 0.0918. The van der Waals surface area contributed by atoms with Crippen molar-refractivity contribution >= 4 is 34.3 Å². The second-order valence-corrected chi connectivity index (χ2v) is 8.35. The van der Waals surface area contributed by atoms with Crippen molar-refractivity contribution in [2.75, 3.05) is 18.5 Å². The quantitative estimate of drug-likeness (QED) is 0.315. The predicted molar refractivity (Wildman–Crippen MR) is 122 cm³/mol. The lowest BCUT2D eigenvalue weighted by atomic mass is 10.2. The zero-order valence-corrected chi connectivity index (χ0v) is 18.4. The van der Waals surface area contributed by atoms with Gasteiger partial charge in [0.05, 0.1) is 16.2 Å². The van der Waals surface area contributed by atoms with Crippen molar-refractivity contribution in [3.8, 4) is 0 Å². The van der Waals surface area contributed by atoms with E-state index in [1.54, 1.807) is 10.6 Å². The molecule has 3 rings (SSSR count). The van der Waals surface area contributed by atoms with Crippen LogP contribution in [0.4, 0.5) is 5.69 Å². The minimum Gasteiger partial charge on any atom is -0.382 e. The van der Waals surface area contributed by atoms with E-state index in [4.69, 9.17) is 4.74 Å². The van der Waals surface area contributed by atoms with Crippen molar-refractivity contribution < 1.29 is 9.53 Å². The van der Waals surface area contributed by atoms with Gasteiger partial charge in [-0.3, -0.25) is 14.2 Å². The van der Waals surface area contributed by atoms with E-state index in [0.29, 0.717) is 42.2 Å². The lowest BCUT2D eigenvalue weighted by Crippen LogP contribution is -2.27. The number of ether oxygens (including phenoxy) is 1. The average molecular weight is 426 g/mol. The van der Waals surface area contributed by atoms with Crippen molar-refractivity contribution in [3.05, 3.63) is 64.4 Å². The first-order valence-electron chi connectivity index (χ1n) is 10.1. The summed E-state index contributed by atoms with van der Waals surface area (Å²) in [7, 11) is 0. The molecule has 1 atom stereocenters. The molecule has 0 fully saturated rings.